The second-order valence-corrected chi connectivity index (χ2v) is 6.01. The number of rotatable bonds is 4. The second kappa shape index (κ2) is 5.61. The van der Waals surface area contributed by atoms with E-state index >= 15 is 0 Å². The van der Waals surface area contributed by atoms with E-state index in [1.807, 2.05) is 47.5 Å². The smallest absolute Gasteiger partial charge is 0.0959 e. The van der Waals surface area contributed by atoms with E-state index in [2.05, 4.69) is 26.0 Å². The summed E-state index contributed by atoms with van der Waals surface area (Å²) < 4.78 is 4.77. The van der Waals surface area contributed by atoms with Crippen molar-refractivity contribution in [3.05, 3.63) is 46.5 Å². The number of aromatic nitrogens is 4. The van der Waals surface area contributed by atoms with Crippen molar-refractivity contribution in [1.82, 2.24) is 19.3 Å². The van der Waals surface area contributed by atoms with Gasteiger partial charge in [-0.25, -0.2) is 4.98 Å². The second-order valence-electron chi connectivity index (χ2n) is 5.21. The number of aryl methyl sites for hydroxylation is 2. The molecule has 1 atom stereocenters. The number of imidazole rings is 1. The van der Waals surface area contributed by atoms with Crippen molar-refractivity contribution in [2.75, 3.05) is 0 Å². The number of para-hydroxylation sites is 2. The van der Waals surface area contributed by atoms with Gasteiger partial charge in [0, 0.05) is 13.5 Å². The van der Waals surface area contributed by atoms with Crippen LogP contribution in [0.15, 0.2) is 35.1 Å². The Morgan fingerprint density at radius 3 is 2.81 bits per heavy atom. The summed E-state index contributed by atoms with van der Waals surface area (Å²) in [5.74, 6) is 0. The molecular weight excluding hydrogens is 332 g/mol. The summed E-state index contributed by atoms with van der Waals surface area (Å²) in [5, 5.41) is 14.7. The van der Waals surface area contributed by atoms with Crippen LogP contribution in [0.25, 0.3) is 11.0 Å². The first-order valence-electron chi connectivity index (χ1n) is 6.82. The zero-order valence-electron chi connectivity index (χ0n) is 12.0. The van der Waals surface area contributed by atoms with Gasteiger partial charge in [-0.2, -0.15) is 5.10 Å². The molecule has 0 saturated heterocycles. The highest BCUT2D eigenvalue weighted by atomic mass is 79.9. The Hall–Kier alpha value is -1.66. The summed E-state index contributed by atoms with van der Waals surface area (Å²) in [6, 6.07) is 7.93. The van der Waals surface area contributed by atoms with E-state index in [0.717, 1.165) is 26.9 Å². The Balaban J connectivity index is 1.79. The van der Waals surface area contributed by atoms with E-state index in [9.17, 15) is 5.11 Å². The van der Waals surface area contributed by atoms with Crippen molar-refractivity contribution in [2.45, 2.75) is 26.0 Å². The standard InChI is InChI=1S/C15H17BrN4O/c1-10-15(16)14(19(2)18-10)7-11(21)8-20-9-17-12-5-3-4-6-13(12)20/h3-6,9,11,21H,7-8H2,1-2H3. The maximum absolute atomic E-state index is 10.4. The third-order valence-corrected chi connectivity index (χ3v) is 4.66. The highest BCUT2D eigenvalue weighted by Crippen LogP contribution is 2.22. The molecule has 0 saturated carbocycles. The summed E-state index contributed by atoms with van der Waals surface area (Å²) in [6.07, 6.45) is 1.83. The average molecular weight is 349 g/mol. The lowest BCUT2D eigenvalue weighted by Crippen LogP contribution is -2.20. The summed E-state index contributed by atoms with van der Waals surface area (Å²) in [6.45, 7) is 2.46. The Kier molecular flexibility index (Phi) is 3.82. The average Bonchev–Trinajstić information content (AvgIpc) is 2.96. The number of aliphatic hydroxyl groups excluding tert-OH is 1. The van der Waals surface area contributed by atoms with Crippen LogP contribution >= 0.6 is 15.9 Å². The molecule has 0 amide bonds. The van der Waals surface area contributed by atoms with Gasteiger partial charge < -0.3 is 9.67 Å². The molecular formula is C15H17BrN4O. The minimum Gasteiger partial charge on any atom is -0.391 e. The summed E-state index contributed by atoms with van der Waals surface area (Å²) in [5.41, 5.74) is 3.93. The van der Waals surface area contributed by atoms with Gasteiger partial charge >= 0.3 is 0 Å². The predicted molar refractivity (Wildman–Crippen MR) is 85.1 cm³/mol. The zero-order chi connectivity index (χ0) is 15.0. The Labute approximate surface area is 131 Å². The Bertz CT molecular complexity index is 777. The fourth-order valence-electron chi connectivity index (χ4n) is 2.57. The van der Waals surface area contributed by atoms with E-state index in [4.69, 9.17) is 0 Å². The van der Waals surface area contributed by atoms with E-state index in [1.54, 1.807) is 6.33 Å². The lowest BCUT2D eigenvalue weighted by molar-refractivity contribution is 0.153. The van der Waals surface area contributed by atoms with Gasteiger partial charge in [-0.05, 0) is 35.0 Å². The zero-order valence-corrected chi connectivity index (χ0v) is 13.6. The van der Waals surface area contributed by atoms with E-state index < -0.39 is 6.10 Å². The maximum Gasteiger partial charge on any atom is 0.0959 e. The number of benzene rings is 1. The highest BCUT2D eigenvalue weighted by molar-refractivity contribution is 9.10. The molecule has 3 rings (SSSR count). The van der Waals surface area contributed by atoms with Crippen molar-refractivity contribution in [2.24, 2.45) is 7.05 Å². The quantitative estimate of drug-likeness (QED) is 0.787. The van der Waals surface area contributed by atoms with Crippen LogP contribution in [-0.4, -0.2) is 30.5 Å². The predicted octanol–water partition coefficient (Wildman–Crippen LogP) is 2.44. The van der Waals surface area contributed by atoms with Crippen LogP contribution in [0.2, 0.25) is 0 Å². The first-order valence-corrected chi connectivity index (χ1v) is 7.61. The van der Waals surface area contributed by atoms with Crippen LogP contribution in [0, 0.1) is 6.92 Å². The third kappa shape index (κ3) is 2.73. The molecule has 1 aromatic carbocycles. The van der Waals surface area contributed by atoms with Gasteiger partial charge in [-0.1, -0.05) is 12.1 Å². The molecule has 0 radical (unpaired) electrons. The Morgan fingerprint density at radius 2 is 2.10 bits per heavy atom. The lowest BCUT2D eigenvalue weighted by atomic mass is 10.2. The molecule has 0 spiro atoms. The summed E-state index contributed by atoms with van der Waals surface area (Å²) >= 11 is 3.53. The molecule has 6 heteroatoms. The lowest BCUT2D eigenvalue weighted by Gasteiger charge is -2.13. The number of nitrogens with zero attached hydrogens (tertiary/aromatic N) is 4. The first-order chi connectivity index (χ1) is 10.1. The van der Waals surface area contributed by atoms with Gasteiger partial charge in [0.2, 0.25) is 0 Å². The number of halogens is 1. The Morgan fingerprint density at radius 1 is 1.33 bits per heavy atom. The largest absolute Gasteiger partial charge is 0.391 e. The number of fused-ring (bicyclic) bond motifs is 1. The van der Waals surface area contributed by atoms with Crippen molar-refractivity contribution >= 4 is 27.0 Å². The molecule has 0 aliphatic heterocycles. The third-order valence-electron chi connectivity index (χ3n) is 3.63. The molecule has 0 aliphatic carbocycles. The van der Waals surface area contributed by atoms with Crippen LogP contribution in [0.5, 0.6) is 0 Å². The van der Waals surface area contributed by atoms with Crippen LogP contribution in [0.4, 0.5) is 0 Å². The molecule has 21 heavy (non-hydrogen) atoms. The molecule has 0 bridgehead atoms. The van der Waals surface area contributed by atoms with Crippen LogP contribution in [-0.2, 0) is 20.0 Å². The van der Waals surface area contributed by atoms with Crippen molar-refractivity contribution in [1.29, 1.82) is 0 Å². The van der Waals surface area contributed by atoms with Crippen LogP contribution in [0.3, 0.4) is 0 Å². The molecule has 2 heterocycles. The van der Waals surface area contributed by atoms with E-state index in [1.165, 1.54) is 0 Å². The molecule has 5 nitrogen and oxygen atoms in total. The highest BCUT2D eigenvalue weighted by Gasteiger charge is 2.16. The van der Waals surface area contributed by atoms with Gasteiger partial charge in [0.25, 0.3) is 0 Å². The fourth-order valence-corrected chi connectivity index (χ4v) is 3.07. The van der Waals surface area contributed by atoms with Gasteiger partial charge in [0.05, 0.1) is 45.9 Å². The summed E-state index contributed by atoms with van der Waals surface area (Å²) in [7, 11) is 1.90. The molecule has 3 aromatic rings. The molecule has 1 unspecified atom stereocenters. The first kappa shape index (κ1) is 14.3. The fraction of sp³-hybridized carbons (Fsp3) is 0.333. The number of aliphatic hydroxyl groups is 1. The molecule has 110 valence electrons. The topological polar surface area (TPSA) is 55.9 Å². The minimum absolute atomic E-state index is 0.492. The molecule has 2 aromatic heterocycles. The minimum atomic E-state index is -0.492. The van der Waals surface area contributed by atoms with Gasteiger partial charge in [0.15, 0.2) is 0 Å². The van der Waals surface area contributed by atoms with Gasteiger partial charge in [-0.3, -0.25) is 4.68 Å². The summed E-state index contributed by atoms with van der Waals surface area (Å²) in [4.78, 5) is 4.34. The van der Waals surface area contributed by atoms with Gasteiger partial charge in [0.1, 0.15) is 0 Å². The monoisotopic (exact) mass is 348 g/mol. The van der Waals surface area contributed by atoms with Gasteiger partial charge in [-0.15, -0.1) is 0 Å². The van der Waals surface area contributed by atoms with E-state index in [0.29, 0.717) is 13.0 Å². The molecule has 0 fully saturated rings. The molecule has 0 aliphatic rings. The van der Waals surface area contributed by atoms with Crippen molar-refractivity contribution < 1.29 is 5.11 Å². The van der Waals surface area contributed by atoms with Crippen molar-refractivity contribution in [3.63, 3.8) is 0 Å². The normalized spacial score (nSPS) is 13.0. The SMILES string of the molecule is Cc1nn(C)c(CC(O)Cn2cnc3ccccc32)c1Br. The number of hydrogen-bond acceptors (Lipinski definition) is 3. The van der Waals surface area contributed by atoms with E-state index in [-0.39, 0.29) is 0 Å². The van der Waals surface area contributed by atoms with Crippen molar-refractivity contribution in [3.8, 4) is 0 Å². The number of hydrogen-bond donors (Lipinski definition) is 1. The maximum atomic E-state index is 10.4. The van der Waals surface area contributed by atoms with Crippen LogP contribution < -0.4 is 0 Å². The van der Waals surface area contributed by atoms with Crippen LogP contribution in [0.1, 0.15) is 11.4 Å². The molecule has 1 N–H and O–H groups in total.